The van der Waals surface area contributed by atoms with Crippen LogP contribution in [0.3, 0.4) is 0 Å². The van der Waals surface area contributed by atoms with E-state index >= 15 is 0 Å². The number of benzene rings is 2. The van der Waals surface area contributed by atoms with Crippen LogP contribution in [0.25, 0.3) is 11.1 Å². The van der Waals surface area contributed by atoms with Crippen LogP contribution in [-0.2, 0) is 31.2 Å². The minimum absolute atomic E-state index is 0.00139. The number of halogens is 3. The van der Waals surface area contributed by atoms with Crippen LogP contribution in [0, 0.1) is 33.5 Å². The third-order valence-electron chi connectivity index (χ3n) is 15.7. The zero-order valence-corrected chi connectivity index (χ0v) is 41.5. The fraction of sp³-hybridized carbons (Fsp3) is 0.519. The molecule has 4 aliphatic heterocycles. The van der Waals surface area contributed by atoms with Crippen LogP contribution < -0.4 is 15.1 Å². The molecule has 2 saturated carbocycles. The number of nitriles is 1. The number of aryl methyl sites for hydroxylation is 2. The molecule has 18 heteroatoms. The molecule has 7 heterocycles. The lowest BCUT2D eigenvalue weighted by atomic mass is 9.52. The molecule has 0 atom stereocenters. The van der Waals surface area contributed by atoms with Crippen molar-refractivity contribution in [3.8, 4) is 22.9 Å². The molecule has 15 nitrogen and oxygen atoms in total. The van der Waals surface area contributed by atoms with Gasteiger partial charge in [0.25, 0.3) is 12.3 Å². The first-order valence-electron chi connectivity index (χ1n) is 24.4. The van der Waals surface area contributed by atoms with Crippen LogP contribution in [0.1, 0.15) is 111 Å². The molecule has 6 aliphatic rings. The van der Waals surface area contributed by atoms with Gasteiger partial charge in [-0.3, -0.25) is 19.0 Å². The summed E-state index contributed by atoms with van der Waals surface area (Å²) in [6, 6.07) is 13.8. The molecule has 0 unspecified atom stereocenters. The fourth-order valence-electron chi connectivity index (χ4n) is 12.8. The lowest BCUT2D eigenvalue weighted by Crippen LogP contribution is -2.65. The number of nitrogens with zero attached hydrogens (tertiary/aromatic N) is 11. The van der Waals surface area contributed by atoms with Crippen molar-refractivity contribution in [2.24, 2.45) is 29.2 Å². The maximum atomic E-state index is 14.7. The van der Waals surface area contributed by atoms with Gasteiger partial charge in [0.05, 0.1) is 29.4 Å². The SMILES string of the molecule is CC(=O)N1CCc2c(c(N3CCCc4cc(-c5cnn(C)c5)c(C(F)F)cc43)nn2C2CC3(C2)CN(CC2CN(c4ccc(C(=O)NC5C(C)(C)CC5(C)C)nn4)C2)C3)C1.N#Cc1ccc(O)cc1Cl. The Hall–Kier alpha value is -6.12. The van der Waals surface area contributed by atoms with Gasteiger partial charge >= 0.3 is 0 Å². The van der Waals surface area contributed by atoms with E-state index in [9.17, 15) is 18.4 Å². The Morgan fingerprint density at radius 2 is 1.77 bits per heavy atom. The second-order valence-electron chi connectivity index (χ2n) is 22.0. The highest BCUT2D eigenvalue weighted by atomic mass is 35.5. The van der Waals surface area contributed by atoms with E-state index in [2.05, 4.69) is 67.7 Å². The van der Waals surface area contributed by atoms with Crippen molar-refractivity contribution in [1.82, 2.24) is 44.9 Å². The summed E-state index contributed by atoms with van der Waals surface area (Å²) in [5.74, 6) is 2.14. The van der Waals surface area contributed by atoms with Crippen LogP contribution in [0.2, 0.25) is 5.02 Å². The number of hydrogen-bond acceptors (Lipinski definition) is 11. The van der Waals surface area contributed by atoms with Crippen LogP contribution in [-0.4, -0.2) is 108 Å². The van der Waals surface area contributed by atoms with E-state index in [-0.39, 0.29) is 51.1 Å². The topological polar surface area (TPSA) is 165 Å². The number of phenolic OH excluding ortho intramolecular Hbond substituents is 1. The zero-order valence-electron chi connectivity index (χ0n) is 40.7. The molecule has 0 bridgehead atoms. The summed E-state index contributed by atoms with van der Waals surface area (Å²) in [6.45, 7) is 17.3. The molecule has 2 amide bonds. The van der Waals surface area contributed by atoms with Gasteiger partial charge in [0.15, 0.2) is 17.3 Å². The molecule has 2 aliphatic carbocycles. The van der Waals surface area contributed by atoms with E-state index in [0.717, 1.165) is 99.7 Å². The van der Waals surface area contributed by atoms with Gasteiger partial charge in [-0.2, -0.15) is 15.5 Å². The molecular weight excluding hydrogens is 914 g/mol. The van der Waals surface area contributed by atoms with Gasteiger partial charge in [0.1, 0.15) is 11.8 Å². The van der Waals surface area contributed by atoms with Crippen molar-refractivity contribution in [2.75, 3.05) is 55.6 Å². The number of carbonyl (C=O) groups excluding carboxylic acids is 2. The number of nitrogens with one attached hydrogen (secondary N) is 1. The quantitative estimate of drug-likeness (QED) is 0.146. The summed E-state index contributed by atoms with van der Waals surface area (Å²) in [5, 5.41) is 39.0. The number of hydrogen-bond donors (Lipinski definition) is 2. The summed E-state index contributed by atoms with van der Waals surface area (Å²) in [6.07, 6.45) is 6.40. The third kappa shape index (κ3) is 8.86. The normalized spacial score (nSPS) is 20.3. The number of rotatable bonds is 9. The van der Waals surface area contributed by atoms with E-state index < -0.39 is 6.43 Å². The molecule has 368 valence electrons. The van der Waals surface area contributed by atoms with Crippen molar-refractivity contribution in [1.29, 1.82) is 5.26 Å². The number of aromatic nitrogens is 6. The maximum Gasteiger partial charge on any atom is 0.272 e. The summed E-state index contributed by atoms with van der Waals surface area (Å²) in [5.41, 5.74) is 6.44. The highest BCUT2D eigenvalue weighted by Crippen LogP contribution is 2.56. The van der Waals surface area contributed by atoms with Gasteiger partial charge in [0, 0.05) is 112 Å². The number of anilines is 3. The average Bonchev–Trinajstić information content (AvgIpc) is 3.88. The Balaban J connectivity index is 0.000000508. The highest BCUT2D eigenvalue weighted by Gasteiger charge is 2.55. The second-order valence-corrected chi connectivity index (χ2v) is 22.4. The van der Waals surface area contributed by atoms with Crippen LogP contribution in [0.4, 0.5) is 26.1 Å². The van der Waals surface area contributed by atoms with E-state index in [1.807, 2.05) is 23.1 Å². The second kappa shape index (κ2) is 17.9. The molecule has 2 aromatic carbocycles. The monoisotopic (exact) mass is 974 g/mol. The van der Waals surface area contributed by atoms with Crippen molar-refractivity contribution >= 4 is 40.7 Å². The fourth-order valence-corrected chi connectivity index (χ4v) is 13.0. The third-order valence-corrected chi connectivity index (χ3v) is 16.0. The standard InChI is InChI=1S/C45H57F2N11O2.C7H4ClNO/c1-27(59)55-13-11-36-34(23-55)40(57-12-7-8-29-14-32(30-18-48-53(6)22-30)33(39(46)47)15-37(29)57)52-58(36)31-16-45(17-31)25-54(26-45)19-28-20-56(21-28)38-10-9-35(50-51-38)41(60)49-42-43(2,3)24-44(42,4)5;8-7-3-6(10)2-1-5(7)4-9/h9-10,14-15,18,22,28,31,39,42H,7-8,11-13,16-17,19-21,23-26H2,1-6H3,(H,49,60);1-3,10H. The van der Waals surface area contributed by atoms with Crippen molar-refractivity contribution in [2.45, 2.75) is 98.2 Å². The van der Waals surface area contributed by atoms with E-state index in [1.54, 1.807) is 43.2 Å². The molecular formula is C52H61ClF2N12O3. The number of aromatic hydroxyl groups is 1. The van der Waals surface area contributed by atoms with Crippen molar-refractivity contribution in [3.05, 3.63) is 93.5 Å². The first-order chi connectivity index (χ1) is 33.3. The Bertz CT molecular complexity index is 2860. The average molecular weight is 976 g/mol. The van der Waals surface area contributed by atoms with E-state index in [4.69, 9.17) is 27.1 Å². The minimum atomic E-state index is -2.64. The van der Waals surface area contributed by atoms with Crippen molar-refractivity contribution < 1.29 is 23.5 Å². The first kappa shape index (κ1) is 47.6. The molecule has 70 heavy (non-hydrogen) atoms. The van der Waals surface area contributed by atoms with Gasteiger partial charge in [-0.1, -0.05) is 39.3 Å². The van der Waals surface area contributed by atoms with Crippen molar-refractivity contribution in [3.63, 3.8) is 0 Å². The zero-order chi connectivity index (χ0) is 49.4. The number of alkyl halides is 2. The lowest BCUT2D eigenvalue weighted by molar-refractivity contribution is -0.129. The number of likely N-dealkylation sites (tertiary alicyclic amines) is 1. The number of carbonyl (C=O) groups is 2. The Morgan fingerprint density at radius 1 is 1.01 bits per heavy atom. The summed E-state index contributed by atoms with van der Waals surface area (Å²) < 4.78 is 33.3. The largest absolute Gasteiger partial charge is 0.508 e. The Kier molecular flexibility index (Phi) is 12.2. The van der Waals surface area contributed by atoms with Crippen LogP contribution in [0.5, 0.6) is 5.75 Å². The minimum Gasteiger partial charge on any atom is -0.508 e. The van der Waals surface area contributed by atoms with Gasteiger partial charge in [0.2, 0.25) is 5.91 Å². The number of fused-ring (bicyclic) bond motifs is 2. The molecule has 11 rings (SSSR count). The first-order valence-corrected chi connectivity index (χ1v) is 24.8. The Labute approximate surface area is 412 Å². The summed E-state index contributed by atoms with van der Waals surface area (Å²) in [4.78, 5) is 34.5. The predicted molar refractivity (Wildman–Crippen MR) is 262 cm³/mol. The van der Waals surface area contributed by atoms with Gasteiger partial charge < -0.3 is 30.0 Å². The molecule has 2 saturated heterocycles. The van der Waals surface area contributed by atoms with Gasteiger partial charge in [-0.25, -0.2) is 8.78 Å². The summed E-state index contributed by atoms with van der Waals surface area (Å²) >= 11 is 5.55. The Morgan fingerprint density at radius 3 is 2.40 bits per heavy atom. The molecule has 1 spiro atoms. The summed E-state index contributed by atoms with van der Waals surface area (Å²) in [7, 11) is 1.79. The molecule has 0 radical (unpaired) electrons. The van der Waals surface area contributed by atoms with E-state index in [0.29, 0.717) is 53.4 Å². The lowest BCUT2D eigenvalue weighted by Gasteiger charge is -2.60. The maximum absolute atomic E-state index is 14.7. The number of phenols is 1. The molecule has 3 aromatic heterocycles. The highest BCUT2D eigenvalue weighted by molar-refractivity contribution is 6.31. The van der Waals surface area contributed by atoms with Gasteiger partial charge in [-0.05, 0) is 102 Å². The van der Waals surface area contributed by atoms with Gasteiger partial charge in [-0.15, -0.1) is 10.2 Å². The smallest absolute Gasteiger partial charge is 0.272 e. The van der Waals surface area contributed by atoms with E-state index in [1.165, 1.54) is 23.9 Å². The molecule has 5 aromatic rings. The molecule has 4 fully saturated rings. The predicted octanol–water partition coefficient (Wildman–Crippen LogP) is 8.25. The van der Waals surface area contributed by atoms with Crippen LogP contribution in [0.15, 0.2) is 54.9 Å². The molecule has 2 N–H and O–H groups in total. The van der Waals surface area contributed by atoms with Crippen LogP contribution >= 0.6 is 11.6 Å². The number of amides is 2.